The molecule has 2 rings (SSSR count). The minimum atomic E-state index is 0.673. The first-order valence-corrected chi connectivity index (χ1v) is 7.19. The summed E-state index contributed by atoms with van der Waals surface area (Å²) in [4.78, 5) is 0. The predicted molar refractivity (Wildman–Crippen MR) is 80.1 cm³/mol. The molecule has 0 heterocycles. The van der Waals surface area contributed by atoms with Gasteiger partial charge in [-0.25, -0.2) is 0 Å². The lowest BCUT2D eigenvalue weighted by Gasteiger charge is -2.12. The summed E-state index contributed by atoms with van der Waals surface area (Å²) in [7, 11) is 0. The van der Waals surface area contributed by atoms with E-state index in [-0.39, 0.29) is 0 Å². The van der Waals surface area contributed by atoms with Gasteiger partial charge < -0.3 is 4.74 Å². The van der Waals surface area contributed by atoms with Crippen LogP contribution in [0.25, 0.3) is 0 Å². The van der Waals surface area contributed by atoms with Gasteiger partial charge in [0.15, 0.2) is 0 Å². The van der Waals surface area contributed by atoms with Crippen molar-refractivity contribution >= 4 is 27.5 Å². The van der Waals surface area contributed by atoms with Crippen LogP contribution in [-0.2, 0) is 5.33 Å². The standard InChI is InChI=1S/C15H14BrClO/c1-10-6-11(2)8-12(7-10)18-15-5-3-4-14(17)13(15)9-16/h3-8H,9H2,1-2H3. The number of alkyl halides is 1. The summed E-state index contributed by atoms with van der Waals surface area (Å²) >= 11 is 9.59. The van der Waals surface area contributed by atoms with Gasteiger partial charge in [0.2, 0.25) is 0 Å². The largest absolute Gasteiger partial charge is 0.457 e. The third-order valence-corrected chi connectivity index (χ3v) is 3.55. The van der Waals surface area contributed by atoms with Crippen molar-refractivity contribution in [3.05, 3.63) is 58.1 Å². The predicted octanol–water partition coefficient (Wildman–Crippen LogP) is 5.64. The van der Waals surface area contributed by atoms with Crippen LogP contribution in [0.4, 0.5) is 0 Å². The minimum Gasteiger partial charge on any atom is -0.457 e. The third-order valence-electron chi connectivity index (χ3n) is 2.63. The molecule has 0 atom stereocenters. The van der Waals surface area contributed by atoms with Gasteiger partial charge in [-0.3, -0.25) is 0 Å². The van der Waals surface area contributed by atoms with Gasteiger partial charge in [-0.05, 0) is 49.2 Å². The van der Waals surface area contributed by atoms with Crippen LogP contribution in [-0.4, -0.2) is 0 Å². The molecule has 0 N–H and O–H groups in total. The van der Waals surface area contributed by atoms with Crippen LogP contribution < -0.4 is 4.74 Å². The van der Waals surface area contributed by atoms with Gasteiger partial charge in [0, 0.05) is 15.9 Å². The smallest absolute Gasteiger partial charge is 0.132 e. The van der Waals surface area contributed by atoms with E-state index >= 15 is 0 Å². The van der Waals surface area contributed by atoms with Crippen molar-refractivity contribution in [3.8, 4) is 11.5 Å². The van der Waals surface area contributed by atoms with E-state index in [1.165, 1.54) is 11.1 Å². The molecule has 3 heteroatoms. The molecule has 0 bridgehead atoms. The Morgan fingerprint density at radius 1 is 1.11 bits per heavy atom. The number of rotatable bonds is 3. The summed E-state index contributed by atoms with van der Waals surface area (Å²) in [6, 6.07) is 11.9. The van der Waals surface area contributed by atoms with Crippen molar-refractivity contribution in [2.45, 2.75) is 19.2 Å². The molecule has 0 fully saturated rings. The lowest BCUT2D eigenvalue weighted by Crippen LogP contribution is -1.91. The van der Waals surface area contributed by atoms with Crippen LogP contribution in [0.5, 0.6) is 11.5 Å². The molecule has 94 valence electrons. The number of halogens is 2. The summed E-state index contributed by atoms with van der Waals surface area (Å²) in [6.07, 6.45) is 0. The summed E-state index contributed by atoms with van der Waals surface area (Å²) in [6.45, 7) is 4.12. The third kappa shape index (κ3) is 3.06. The monoisotopic (exact) mass is 324 g/mol. The molecule has 1 nitrogen and oxygen atoms in total. The number of benzene rings is 2. The topological polar surface area (TPSA) is 9.23 Å². The molecule has 0 spiro atoms. The average Bonchev–Trinajstić information content (AvgIpc) is 2.27. The minimum absolute atomic E-state index is 0.673. The Morgan fingerprint density at radius 3 is 2.39 bits per heavy atom. The van der Waals surface area contributed by atoms with Crippen LogP contribution in [0.1, 0.15) is 16.7 Å². The highest BCUT2D eigenvalue weighted by Crippen LogP contribution is 2.32. The Morgan fingerprint density at radius 2 is 1.78 bits per heavy atom. The lowest BCUT2D eigenvalue weighted by molar-refractivity contribution is 0.478. The zero-order valence-corrected chi connectivity index (χ0v) is 12.7. The molecule has 0 aliphatic rings. The van der Waals surface area contributed by atoms with E-state index in [4.69, 9.17) is 16.3 Å². The first-order valence-electron chi connectivity index (χ1n) is 5.69. The zero-order valence-electron chi connectivity index (χ0n) is 10.3. The van der Waals surface area contributed by atoms with Crippen molar-refractivity contribution in [1.82, 2.24) is 0 Å². The van der Waals surface area contributed by atoms with Gasteiger partial charge >= 0.3 is 0 Å². The lowest BCUT2D eigenvalue weighted by atomic mass is 10.1. The molecule has 18 heavy (non-hydrogen) atoms. The quantitative estimate of drug-likeness (QED) is 0.663. The van der Waals surface area contributed by atoms with Crippen molar-refractivity contribution in [2.75, 3.05) is 0 Å². The van der Waals surface area contributed by atoms with E-state index < -0.39 is 0 Å². The molecule has 0 aromatic heterocycles. The summed E-state index contributed by atoms with van der Waals surface area (Å²) in [5, 5.41) is 1.39. The van der Waals surface area contributed by atoms with Gasteiger partial charge in [0.25, 0.3) is 0 Å². The molecular formula is C15H14BrClO. The van der Waals surface area contributed by atoms with Crippen LogP contribution >= 0.6 is 27.5 Å². The van der Waals surface area contributed by atoms with Crippen molar-refractivity contribution in [2.24, 2.45) is 0 Å². The summed E-state index contributed by atoms with van der Waals surface area (Å²) in [5.74, 6) is 1.64. The zero-order chi connectivity index (χ0) is 13.1. The van der Waals surface area contributed by atoms with Crippen LogP contribution in [0, 0.1) is 13.8 Å². The normalized spacial score (nSPS) is 10.4. The van der Waals surface area contributed by atoms with E-state index in [0.717, 1.165) is 17.1 Å². The fourth-order valence-electron chi connectivity index (χ4n) is 1.88. The van der Waals surface area contributed by atoms with Crippen LogP contribution in [0.2, 0.25) is 5.02 Å². The Bertz CT molecular complexity index is 546. The fraction of sp³-hybridized carbons (Fsp3) is 0.200. The Labute approximate surface area is 121 Å². The van der Waals surface area contributed by atoms with Gasteiger partial charge in [-0.15, -0.1) is 0 Å². The Kier molecular flexibility index (Phi) is 4.31. The molecule has 2 aromatic carbocycles. The van der Waals surface area contributed by atoms with E-state index in [9.17, 15) is 0 Å². The molecule has 2 aromatic rings. The molecule has 0 amide bonds. The number of hydrogen-bond donors (Lipinski definition) is 0. The summed E-state index contributed by atoms with van der Waals surface area (Å²) < 4.78 is 5.93. The van der Waals surface area contributed by atoms with Gasteiger partial charge in [-0.2, -0.15) is 0 Å². The maximum atomic E-state index is 6.15. The molecule has 0 saturated heterocycles. The first kappa shape index (κ1) is 13.4. The second kappa shape index (κ2) is 5.77. The van der Waals surface area contributed by atoms with E-state index in [1.54, 1.807) is 0 Å². The molecular weight excluding hydrogens is 312 g/mol. The highest BCUT2D eigenvalue weighted by atomic mass is 79.9. The molecule has 0 radical (unpaired) electrons. The van der Waals surface area contributed by atoms with Gasteiger partial charge in [-0.1, -0.05) is 39.7 Å². The van der Waals surface area contributed by atoms with Crippen molar-refractivity contribution in [1.29, 1.82) is 0 Å². The maximum absolute atomic E-state index is 6.15. The van der Waals surface area contributed by atoms with Crippen LogP contribution in [0.15, 0.2) is 36.4 Å². The Balaban J connectivity index is 2.36. The van der Waals surface area contributed by atoms with Crippen molar-refractivity contribution < 1.29 is 4.74 Å². The SMILES string of the molecule is Cc1cc(C)cc(Oc2cccc(Cl)c2CBr)c1. The highest BCUT2D eigenvalue weighted by molar-refractivity contribution is 9.08. The average molecular weight is 326 g/mol. The maximum Gasteiger partial charge on any atom is 0.132 e. The second-order valence-electron chi connectivity index (χ2n) is 4.28. The number of hydrogen-bond acceptors (Lipinski definition) is 1. The van der Waals surface area contributed by atoms with E-state index in [1.807, 2.05) is 30.3 Å². The molecule has 0 aliphatic heterocycles. The van der Waals surface area contributed by atoms with Crippen molar-refractivity contribution in [3.63, 3.8) is 0 Å². The molecule has 0 saturated carbocycles. The highest BCUT2D eigenvalue weighted by Gasteiger charge is 2.08. The summed E-state index contributed by atoms with van der Waals surface area (Å²) in [5.41, 5.74) is 3.35. The number of ether oxygens (including phenoxy) is 1. The molecule has 0 unspecified atom stereocenters. The van der Waals surface area contributed by atoms with Gasteiger partial charge in [0.05, 0.1) is 0 Å². The first-order chi connectivity index (χ1) is 8.60. The van der Waals surface area contributed by atoms with Gasteiger partial charge in [0.1, 0.15) is 11.5 Å². The Hall–Kier alpha value is -0.990. The second-order valence-corrected chi connectivity index (χ2v) is 5.24. The fourth-order valence-corrected chi connectivity index (χ4v) is 2.86. The molecule has 0 aliphatic carbocycles. The van der Waals surface area contributed by atoms with E-state index in [2.05, 4.69) is 35.8 Å². The number of aryl methyl sites for hydroxylation is 2. The van der Waals surface area contributed by atoms with Crippen LogP contribution in [0.3, 0.4) is 0 Å². The van der Waals surface area contributed by atoms with E-state index in [0.29, 0.717) is 10.4 Å².